The lowest BCUT2D eigenvalue weighted by molar-refractivity contribution is 0.482. The van der Waals surface area contributed by atoms with Gasteiger partial charge in [0.15, 0.2) is 0 Å². The Bertz CT molecular complexity index is 503. The van der Waals surface area contributed by atoms with E-state index in [-0.39, 0.29) is 0 Å². The zero-order valence-corrected chi connectivity index (χ0v) is 10.2. The molecule has 0 aliphatic rings. The third-order valence-corrected chi connectivity index (χ3v) is 2.87. The SMILES string of the molecule is Cc1ccc(Oc2ccc(CN)cc2)cc1C. The van der Waals surface area contributed by atoms with Gasteiger partial charge in [-0.2, -0.15) is 0 Å². The molecule has 0 heterocycles. The fourth-order valence-corrected chi connectivity index (χ4v) is 1.61. The largest absolute Gasteiger partial charge is 0.457 e. The Morgan fingerprint density at radius 3 is 2.12 bits per heavy atom. The van der Waals surface area contributed by atoms with Crippen LogP contribution < -0.4 is 10.5 Å². The summed E-state index contributed by atoms with van der Waals surface area (Å²) in [6.07, 6.45) is 0. The zero-order chi connectivity index (χ0) is 12.3. The van der Waals surface area contributed by atoms with Gasteiger partial charge >= 0.3 is 0 Å². The first-order chi connectivity index (χ1) is 8.19. The monoisotopic (exact) mass is 227 g/mol. The normalized spacial score (nSPS) is 10.3. The molecule has 17 heavy (non-hydrogen) atoms. The van der Waals surface area contributed by atoms with Crippen molar-refractivity contribution in [3.63, 3.8) is 0 Å². The van der Waals surface area contributed by atoms with Gasteiger partial charge in [-0.25, -0.2) is 0 Å². The lowest BCUT2D eigenvalue weighted by Gasteiger charge is -2.08. The Balaban J connectivity index is 2.16. The topological polar surface area (TPSA) is 35.2 Å². The van der Waals surface area contributed by atoms with Crippen LogP contribution in [0.1, 0.15) is 16.7 Å². The van der Waals surface area contributed by atoms with E-state index in [1.54, 1.807) is 0 Å². The van der Waals surface area contributed by atoms with Crippen molar-refractivity contribution in [2.45, 2.75) is 20.4 Å². The highest BCUT2D eigenvalue weighted by Crippen LogP contribution is 2.23. The van der Waals surface area contributed by atoms with Gasteiger partial charge in [0.1, 0.15) is 11.5 Å². The van der Waals surface area contributed by atoms with Crippen LogP contribution in [-0.2, 0) is 6.54 Å². The van der Waals surface area contributed by atoms with E-state index in [0.29, 0.717) is 6.54 Å². The van der Waals surface area contributed by atoms with Crippen LogP contribution >= 0.6 is 0 Å². The van der Waals surface area contributed by atoms with Crippen molar-refractivity contribution in [2.75, 3.05) is 0 Å². The molecule has 0 radical (unpaired) electrons. The maximum absolute atomic E-state index is 5.77. The number of benzene rings is 2. The van der Waals surface area contributed by atoms with Gasteiger partial charge in [0.25, 0.3) is 0 Å². The smallest absolute Gasteiger partial charge is 0.127 e. The van der Waals surface area contributed by atoms with E-state index in [4.69, 9.17) is 10.5 Å². The molecular formula is C15H17NO. The lowest BCUT2D eigenvalue weighted by atomic mass is 10.1. The zero-order valence-electron chi connectivity index (χ0n) is 10.2. The molecule has 2 rings (SSSR count). The maximum atomic E-state index is 5.77. The Morgan fingerprint density at radius 2 is 1.53 bits per heavy atom. The predicted molar refractivity (Wildman–Crippen MR) is 70.3 cm³/mol. The van der Waals surface area contributed by atoms with Crippen molar-refractivity contribution in [1.29, 1.82) is 0 Å². The molecule has 0 saturated heterocycles. The molecule has 0 bridgehead atoms. The summed E-state index contributed by atoms with van der Waals surface area (Å²) < 4.78 is 5.77. The molecule has 2 aromatic rings. The van der Waals surface area contributed by atoms with Gasteiger partial charge in [0.05, 0.1) is 0 Å². The summed E-state index contributed by atoms with van der Waals surface area (Å²) in [6, 6.07) is 14.0. The predicted octanol–water partition coefficient (Wildman–Crippen LogP) is 3.55. The molecule has 0 amide bonds. The average molecular weight is 227 g/mol. The van der Waals surface area contributed by atoms with Crippen molar-refractivity contribution < 1.29 is 4.74 Å². The summed E-state index contributed by atoms with van der Waals surface area (Å²) in [7, 11) is 0. The van der Waals surface area contributed by atoms with Crippen LogP contribution in [0.3, 0.4) is 0 Å². The van der Waals surface area contributed by atoms with E-state index in [0.717, 1.165) is 17.1 Å². The van der Waals surface area contributed by atoms with Gasteiger partial charge < -0.3 is 10.5 Å². The molecule has 2 heteroatoms. The fraction of sp³-hybridized carbons (Fsp3) is 0.200. The van der Waals surface area contributed by atoms with Crippen LogP contribution in [0.2, 0.25) is 0 Å². The third-order valence-electron chi connectivity index (χ3n) is 2.87. The van der Waals surface area contributed by atoms with Crippen LogP contribution in [0, 0.1) is 13.8 Å². The number of rotatable bonds is 3. The molecule has 2 nitrogen and oxygen atoms in total. The summed E-state index contributed by atoms with van der Waals surface area (Å²) >= 11 is 0. The number of aryl methyl sites for hydroxylation is 2. The maximum Gasteiger partial charge on any atom is 0.127 e. The van der Waals surface area contributed by atoms with E-state index < -0.39 is 0 Å². The van der Waals surface area contributed by atoms with Gasteiger partial charge in [-0.1, -0.05) is 18.2 Å². The van der Waals surface area contributed by atoms with E-state index in [2.05, 4.69) is 19.9 Å². The van der Waals surface area contributed by atoms with Crippen molar-refractivity contribution in [3.05, 3.63) is 59.2 Å². The highest BCUT2D eigenvalue weighted by molar-refractivity contribution is 5.37. The van der Waals surface area contributed by atoms with Gasteiger partial charge in [0, 0.05) is 6.54 Å². The minimum Gasteiger partial charge on any atom is -0.457 e. The molecule has 2 N–H and O–H groups in total. The van der Waals surface area contributed by atoms with Gasteiger partial charge in [-0.3, -0.25) is 0 Å². The molecule has 0 saturated carbocycles. The Kier molecular flexibility index (Phi) is 3.45. The van der Waals surface area contributed by atoms with Crippen LogP contribution in [-0.4, -0.2) is 0 Å². The molecule has 88 valence electrons. The third kappa shape index (κ3) is 2.86. The van der Waals surface area contributed by atoms with Crippen molar-refractivity contribution in [2.24, 2.45) is 5.73 Å². The van der Waals surface area contributed by atoms with Crippen LogP contribution in [0.4, 0.5) is 0 Å². The van der Waals surface area contributed by atoms with Gasteiger partial charge in [-0.05, 0) is 54.8 Å². The first-order valence-electron chi connectivity index (χ1n) is 5.73. The summed E-state index contributed by atoms with van der Waals surface area (Å²) in [5.74, 6) is 1.71. The average Bonchev–Trinajstić information content (AvgIpc) is 2.35. The molecule has 0 atom stereocenters. The quantitative estimate of drug-likeness (QED) is 0.870. The first kappa shape index (κ1) is 11.7. The molecule has 0 aliphatic heterocycles. The summed E-state index contributed by atoms with van der Waals surface area (Å²) in [5.41, 5.74) is 9.17. The Morgan fingerprint density at radius 1 is 0.882 bits per heavy atom. The fourth-order valence-electron chi connectivity index (χ4n) is 1.61. The second kappa shape index (κ2) is 5.02. The number of ether oxygens (including phenoxy) is 1. The highest BCUT2D eigenvalue weighted by atomic mass is 16.5. The van der Waals surface area contributed by atoms with E-state index in [1.165, 1.54) is 11.1 Å². The molecule has 0 aliphatic carbocycles. The number of hydrogen-bond donors (Lipinski definition) is 1. The van der Waals surface area contributed by atoms with Crippen molar-refractivity contribution >= 4 is 0 Å². The molecule has 0 aromatic heterocycles. The molecule has 2 aromatic carbocycles. The summed E-state index contributed by atoms with van der Waals surface area (Å²) in [5, 5.41) is 0. The highest BCUT2D eigenvalue weighted by Gasteiger charge is 1.99. The standard InChI is InChI=1S/C15H17NO/c1-11-3-6-15(9-12(11)2)17-14-7-4-13(10-16)5-8-14/h3-9H,10,16H2,1-2H3. The number of nitrogens with two attached hydrogens (primary N) is 1. The van der Waals surface area contributed by atoms with Crippen LogP contribution in [0.25, 0.3) is 0 Å². The van der Waals surface area contributed by atoms with Crippen LogP contribution in [0.5, 0.6) is 11.5 Å². The van der Waals surface area contributed by atoms with Crippen LogP contribution in [0.15, 0.2) is 42.5 Å². The van der Waals surface area contributed by atoms with Crippen molar-refractivity contribution in [3.8, 4) is 11.5 Å². The molecule has 0 spiro atoms. The molecular weight excluding hydrogens is 210 g/mol. The summed E-state index contributed by atoms with van der Waals surface area (Å²) in [6.45, 7) is 4.73. The second-order valence-corrected chi connectivity index (χ2v) is 4.20. The van der Waals surface area contributed by atoms with E-state index in [1.807, 2.05) is 36.4 Å². The molecule has 0 fully saturated rings. The van der Waals surface area contributed by atoms with Crippen molar-refractivity contribution in [1.82, 2.24) is 0 Å². The van der Waals surface area contributed by atoms with Gasteiger partial charge in [0.2, 0.25) is 0 Å². The van der Waals surface area contributed by atoms with E-state index in [9.17, 15) is 0 Å². The minimum absolute atomic E-state index is 0.559. The second-order valence-electron chi connectivity index (χ2n) is 4.20. The Hall–Kier alpha value is -1.80. The Labute approximate surface area is 102 Å². The summed E-state index contributed by atoms with van der Waals surface area (Å²) in [4.78, 5) is 0. The van der Waals surface area contributed by atoms with Gasteiger partial charge in [-0.15, -0.1) is 0 Å². The lowest BCUT2D eigenvalue weighted by Crippen LogP contribution is -1.95. The number of hydrogen-bond acceptors (Lipinski definition) is 2. The van der Waals surface area contributed by atoms with E-state index >= 15 is 0 Å². The molecule has 0 unspecified atom stereocenters. The first-order valence-corrected chi connectivity index (χ1v) is 5.73. The minimum atomic E-state index is 0.559.